The molecular weight excluding hydrogens is 432 g/mol. The second-order valence-corrected chi connectivity index (χ2v) is 8.29. The van der Waals surface area contributed by atoms with Crippen LogP contribution in [0.4, 0.5) is 0 Å². The molecule has 3 aromatic carbocycles. The van der Waals surface area contributed by atoms with Crippen molar-refractivity contribution in [2.45, 2.75) is 13.0 Å². The molecular formula is C28H26O6. The van der Waals surface area contributed by atoms with Gasteiger partial charge in [0.05, 0.1) is 33.5 Å². The van der Waals surface area contributed by atoms with Gasteiger partial charge in [-0.05, 0) is 52.9 Å². The van der Waals surface area contributed by atoms with Gasteiger partial charge < -0.3 is 23.7 Å². The first-order chi connectivity index (χ1) is 16.6. The number of cyclic esters (lactones) is 1. The topological polar surface area (TPSA) is 63.2 Å². The third-order valence-electron chi connectivity index (χ3n) is 6.35. The number of esters is 1. The molecule has 3 aromatic rings. The summed E-state index contributed by atoms with van der Waals surface area (Å²) in [5.74, 6) is 2.22. The van der Waals surface area contributed by atoms with Crippen LogP contribution in [0.5, 0.6) is 23.0 Å². The molecule has 5 rings (SSSR count). The van der Waals surface area contributed by atoms with Crippen LogP contribution >= 0.6 is 0 Å². The van der Waals surface area contributed by atoms with E-state index in [1.165, 1.54) is 0 Å². The molecule has 2 aliphatic rings. The molecule has 6 nitrogen and oxygen atoms in total. The van der Waals surface area contributed by atoms with Crippen LogP contribution in [0, 0.1) is 5.92 Å². The molecule has 6 heteroatoms. The highest BCUT2D eigenvalue weighted by Crippen LogP contribution is 2.47. The fraction of sp³-hybridized carbons (Fsp3) is 0.250. The zero-order valence-electron chi connectivity index (χ0n) is 19.4. The predicted molar refractivity (Wildman–Crippen MR) is 127 cm³/mol. The molecule has 0 spiro atoms. The van der Waals surface area contributed by atoms with Gasteiger partial charge >= 0.3 is 5.97 Å². The second-order valence-electron chi connectivity index (χ2n) is 8.29. The van der Waals surface area contributed by atoms with Gasteiger partial charge in [0.25, 0.3) is 0 Å². The largest absolute Gasteiger partial charge is 0.493 e. The Hall–Kier alpha value is -3.93. The van der Waals surface area contributed by atoms with Gasteiger partial charge in [-0.1, -0.05) is 36.4 Å². The average Bonchev–Trinajstić information content (AvgIpc) is 3.25. The van der Waals surface area contributed by atoms with E-state index < -0.39 is 0 Å². The Kier molecular flexibility index (Phi) is 5.88. The van der Waals surface area contributed by atoms with E-state index in [1.54, 1.807) is 21.3 Å². The summed E-state index contributed by atoms with van der Waals surface area (Å²) in [4.78, 5) is 12.8. The minimum Gasteiger partial charge on any atom is -0.493 e. The molecule has 0 aromatic heterocycles. The Bertz CT molecular complexity index is 1260. The van der Waals surface area contributed by atoms with Gasteiger partial charge in [0, 0.05) is 11.5 Å². The fourth-order valence-electron chi connectivity index (χ4n) is 4.70. The van der Waals surface area contributed by atoms with Crippen molar-refractivity contribution < 1.29 is 28.5 Å². The average molecular weight is 459 g/mol. The Morgan fingerprint density at radius 2 is 1.59 bits per heavy atom. The summed E-state index contributed by atoms with van der Waals surface area (Å²) in [5, 5.41) is 0. The number of rotatable bonds is 7. The molecule has 0 unspecified atom stereocenters. The summed E-state index contributed by atoms with van der Waals surface area (Å²) < 4.78 is 28.2. The van der Waals surface area contributed by atoms with Crippen LogP contribution in [-0.4, -0.2) is 33.9 Å². The molecule has 0 radical (unpaired) electrons. The SMILES string of the molecule is COc1ccc(C2=C3C(=O)OC[C@@H]3Cc3cc(OC)c(OCc4ccccc4)cc32)cc1OC. The van der Waals surface area contributed by atoms with Crippen LogP contribution in [-0.2, 0) is 22.6 Å². The molecule has 1 heterocycles. The quantitative estimate of drug-likeness (QED) is 0.473. The molecule has 1 aliphatic carbocycles. The number of benzene rings is 3. The predicted octanol–water partition coefficient (Wildman–Crippen LogP) is 4.82. The Morgan fingerprint density at radius 3 is 2.32 bits per heavy atom. The zero-order chi connectivity index (χ0) is 23.7. The highest BCUT2D eigenvalue weighted by atomic mass is 16.5. The zero-order valence-corrected chi connectivity index (χ0v) is 19.4. The van der Waals surface area contributed by atoms with Crippen molar-refractivity contribution in [3.63, 3.8) is 0 Å². The van der Waals surface area contributed by atoms with E-state index in [2.05, 4.69) is 0 Å². The van der Waals surface area contributed by atoms with Gasteiger partial charge in [-0.15, -0.1) is 0 Å². The first-order valence-electron chi connectivity index (χ1n) is 11.1. The summed E-state index contributed by atoms with van der Waals surface area (Å²) >= 11 is 0. The number of hydrogen-bond donors (Lipinski definition) is 0. The maximum absolute atomic E-state index is 12.8. The number of carbonyl (C=O) groups excluding carboxylic acids is 1. The van der Waals surface area contributed by atoms with Gasteiger partial charge in [-0.3, -0.25) is 0 Å². The Balaban J connectivity index is 1.64. The normalized spacial score (nSPS) is 16.4. The van der Waals surface area contributed by atoms with E-state index in [0.29, 0.717) is 48.2 Å². The number of methoxy groups -OCH3 is 3. The summed E-state index contributed by atoms with van der Waals surface area (Å²) in [6, 6.07) is 19.6. The van der Waals surface area contributed by atoms with Gasteiger partial charge in [0.1, 0.15) is 6.61 Å². The fourth-order valence-corrected chi connectivity index (χ4v) is 4.70. The van der Waals surface area contributed by atoms with Crippen molar-refractivity contribution in [2.24, 2.45) is 5.92 Å². The molecule has 0 amide bonds. The van der Waals surface area contributed by atoms with Crippen LogP contribution in [0.1, 0.15) is 22.3 Å². The lowest BCUT2D eigenvalue weighted by atomic mass is 9.77. The number of carbonyl (C=O) groups is 1. The summed E-state index contributed by atoms with van der Waals surface area (Å²) in [7, 11) is 4.84. The molecule has 1 atom stereocenters. The smallest absolute Gasteiger partial charge is 0.335 e. The van der Waals surface area contributed by atoms with Gasteiger partial charge in [0.15, 0.2) is 23.0 Å². The highest BCUT2D eigenvalue weighted by molar-refractivity contribution is 6.05. The number of ether oxygens (including phenoxy) is 5. The third-order valence-corrected chi connectivity index (χ3v) is 6.35. The van der Waals surface area contributed by atoms with E-state index in [4.69, 9.17) is 23.7 Å². The number of hydrogen-bond acceptors (Lipinski definition) is 6. The summed E-state index contributed by atoms with van der Waals surface area (Å²) in [6.07, 6.45) is 0.697. The van der Waals surface area contributed by atoms with Gasteiger partial charge in [0.2, 0.25) is 0 Å². The van der Waals surface area contributed by atoms with Crippen LogP contribution in [0.3, 0.4) is 0 Å². The van der Waals surface area contributed by atoms with Crippen LogP contribution in [0.15, 0.2) is 66.2 Å². The second kappa shape index (κ2) is 9.14. The molecule has 1 aliphatic heterocycles. The van der Waals surface area contributed by atoms with Crippen molar-refractivity contribution in [1.82, 2.24) is 0 Å². The van der Waals surface area contributed by atoms with Crippen molar-refractivity contribution in [3.8, 4) is 23.0 Å². The standard InChI is InChI=1S/C28H26O6/c1-30-22-10-9-18(12-23(22)31-2)26-21-14-25(33-15-17-7-5-4-6-8-17)24(32-3)13-19(21)11-20-16-34-28(29)27(20)26/h4-10,12-14,20H,11,15-16H2,1-3H3/t20-/m0/s1. The minimum atomic E-state index is -0.275. The number of fused-ring (bicyclic) bond motifs is 2. The van der Waals surface area contributed by atoms with Gasteiger partial charge in [-0.25, -0.2) is 4.79 Å². The van der Waals surface area contributed by atoms with Gasteiger partial charge in [-0.2, -0.15) is 0 Å². The molecule has 1 fully saturated rings. The summed E-state index contributed by atoms with van der Waals surface area (Å²) in [5.41, 5.74) is 5.46. The lowest BCUT2D eigenvalue weighted by Crippen LogP contribution is -2.17. The van der Waals surface area contributed by atoms with E-state index >= 15 is 0 Å². The van der Waals surface area contributed by atoms with Crippen molar-refractivity contribution >= 4 is 11.5 Å². The molecule has 1 saturated heterocycles. The maximum atomic E-state index is 12.8. The molecule has 174 valence electrons. The maximum Gasteiger partial charge on any atom is 0.335 e. The lowest BCUT2D eigenvalue weighted by molar-refractivity contribution is -0.135. The highest BCUT2D eigenvalue weighted by Gasteiger charge is 2.39. The summed E-state index contributed by atoms with van der Waals surface area (Å²) in [6.45, 7) is 0.780. The van der Waals surface area contributed by atoms with Crippen LogP contribution in [0.25, 0.3) is 5.57 Å². The van der Waals surface area contributed by atoms with E-state index in [0.717, 1.165) is 27.8 Å². The van der Waals surface area contributed by atoms with Crippen molar-refractivity contribution in [2.75, 3.05) is 27.9 Å². The monoisotopic (exact) mass is 458 g/mol. The van der Waals surface area contributed by atoms with E-state index in [-0.39, 0.29) is 11.9 Å². The van der Waals surface area contributed by atoms with Crippen molar-refractivity contribution in [3.05, 3.63) is 88.5 Å². The van der Waals surface area contributed by atoms with Crippen molar-refractivity contribution in [1.29, 1.82) is 0 Å². The Morgan fingerprint density at radius 1 is 0.853 bits per heavy atom. The molecule has 0 N–H and O–H groups in total. The van der Waals surface area contributed by atoms with Crippen LogP contribution < -0.4 is 18.9 Å². The van der Waals surface area contributed by atoms with Crippen LogP contribution in [0.2, 0.25) is 0 Å². The Labute approximate surface area is 198 Å². The molecule has 34 heavy (non-hydrogen) atoms. The minimum absolute atomic E-state index is 0.0103. The van der Waals surface area contributed by atoms with E-state index in [9.17, 15) is 4.79 Å². The first kappa shape index (κ1) is 21.9. The first-order valence-corrected chi connectivity index (χ1v) is 11.1. The lowest BCUT2D eigenvalue weighted by Gasteiger charge is -2.26. The third kappa shape index (κ3) is 3.85. The molecule has 0 saturated carbocycles. The van der Waals surface area contributed by atoms with E-state index in [1.807, 2.05) is 60.7 Å². The molecule has 0 bridgehead atoms.